The number of ether oxygens (including phenoxy) is 2. The smallest absolute Gasteiger partial charge is 0.277 e. The van der Waals surface area contributed by atoms with Crippen molar-refractivity contribution in [3.63, 3.8) is 0 Å². The Morgan fingerprint density at radius 1 is 0.812 bits per heavy atom. The third kappa shape index (κ3) is 5.47. The van der Waals surface area contributed by atoms with Crippen molar-refractivity contribution in [3.8, 4) is 23.0 Å². The SMILES string of the molecule is COc1ccc(OCc2nnc(SCc3nnc(-c4ccc(C(C)(C)C)cc4)o3)o2)cc1. The van der Waals surface area contributed by atoms with Crippen molar-refractivity contribution in [1.82, 2.24) is 20.4 Å². The van der Waals surface area contributed by atoms with Gasteiger partial charge >= 0.3 is 0 Å². The highest BCUT2D eigenvalue weighted by Gasteiger charge is 2.15. The summed E-state index contributed by atoms with van der Waals surface area (Å²) in [6.07, 6.45) is 0. The Hall–Kier alpha value is -3.33. The second-order valence-electron chi connectivity index (χ2n) is 8.04. The summed E-state index contributed by atoms with van der Waals surface area (Å²) >= 11 is 1.33. The molecular weight excluding hydrogens is 428 g/mol. The van der Waals surface area contributed by atoms with Crippen LogP contribution >= 0.6 is 11.8 Å². The van der Waals surface area contributed by atoms with E-state index >= 15 is 0 Å². The van der Waals surface area contributed by atoms with Crippen LogP contribution in [0.25, 0.3) is 11.5 Å². The topological polar surface area (TPSA) is 96.3 Å². The van der Waals surface area contributed by atoms with Crippen molar-refractivity contribution in [2.75, 3.05) is 7.11 Å². The maximum absolute atomic E-state index is 5.78. The van der Waals surface area contributed by atoms with Crippen molar-refractivity contribution in [2.45, 2.75) is 43.8 Å². The van der Waals surface area contributed by atoms with Crippen molar-refractivity contribution < 1.29 is 18.3 Å². The minimum absolute atomic E-state index is 0.0950. The fraction of sp³-hybridized carbons (Fsp3) is 0.304. The molecule has 2 heterocycles. The van der Waals surface area contributed by atoms with Crippen LogP contribution in [-0.4, -0.2) is 27.5 Å². The Bertz CT molecular complexity index is 1150. The summed E-state index contributed by atoms with van der Waals surface area (Å²) < 4.78 is 22.2. The van der Waals surface area contributed by atoms with Crippen LogP contribution in [0.5, 0.6) is 11.5 Å². The second kappa shape index (κ2) is 9.44. The number of benzene rings is 2. The van der Waals surface area contributed by atoms with E-state index in [9.17, 15) is 0 Å². The van der Waals surface area contributed by atoms with Crippen molar-refractivity contribution in [1.29, 1.82) is 0 Å². The van der Waals surface area contributed by atoms with E-state index in [0.29, 0.717) is 34.4 Å². The van der Waals surface area contributed by atoms with Crippen molar-refractivity contribution in [2.24, 2.45) is 0 Å². The summed E-state index contributed by atoms with van der Waals surface area (Å²) in [5.41, 5.74) is 2.23. The van der Waals surface area contributed by atoms with Crippen LogP contribution in [0, 0.1) is 0 Å². The Kier molecular flexibility index (Phi) is 6.45. The zero-order valence-corrected chi connectivity index (χ0v) is 19.2. The summed E-state index contributed by atoms with van der Waals surface area (Å²) in [7, 11) is 1.62. The monoisotopic (exact) mass is 452 g/mol. The molecule has 0 unspecified atom stereocenters. The maximum atomic E-state index is 5.78. The van der Waals surface area contributed by atoms with E-state index in [1.54, 1.807) is 7.11 Å². The molecular formula is C23H24N4O4S. The standard InChI is InChI=1S/C23H24N4O4S/c1-23(2,3)16-7-5-15(6-8-16)21-26-25-20(30-21)14-32-22-27-24-19(31-22)13-29-18-11-9-17(28-4)10-12-18/h5-12H,13-14H2,1-4H3. The van der Waals surface area contributed by atoms with Crippen LogP contribution < -0.4 is 9.47 Å². The first-order chi connectivity index (χ1) is 15.4. The van der Waals surface area contributed by atoms with Gasteiger partial charge in [-0.2, -0.15) is 0 Å². The van der Waals surface area contributed by atoms with Crippen molar-refractivity contribution >= 4 is 11.8 Å². The van der Waals surface area contributed by atoms with E-state index < -0.39 is 0 Å². The van der Waals surface area contributed by atoms with Crippen LogP contribution in [0.15, 0.2) is 62.6 Å². The predicted octanol–water partition coefficient (Wildman–Crippen LogP) is 5.30. The minimum atomic E-state index is 0.0950. The summed E-state index contributed by atoms with van der Waals surface area (Å²) in [6, 6.07) is 15.4. The summed E-state index contributed by atoms with van der Waals surface area (Å²) in [5.74, 6) is 3.23. The maximum Gasteiger partial charge on any atom is 0.277 e. The lowest BCUT2D eigenvalue weighted by atomic mass is 9.87. The molecule has 2 aromatic carbocycles. The van der Waals surface area contributed by atoms with Gasteiger partial charge in [-0.05, 0) is 47.4 Å². The number of nitrogens with zero attached hydrogens (tertiary/aromatic N) is 4. The Labute approximate surface area is 190 Å². The quantitative estimate of drug-likeness (QED) is 0.330. The van der Waals surface area contributed by atoms with Gasteiger partial charge < -0.3 is 18.3 Å². The fourth-order valence-electron chi connectivity index (χ4n) is 2.84. The number of hydrogen-bond acceptors (Lipinski definition) is 9. The normalized spacial score (nSPS) is 11.5. The zero-order valence-electron chi connectivity index (χ0n) is 18.4. The van der Waals surface area contributed by atoms with Gasteiger partial charge in [0, 0.05) is 5.56 Å². The minimum Gasteiger partial charge on any atom is -0.497 e. The molecule has 0 atom stereocenters. The molecule has 0 spiro atoms. The molecule has 4 aromatic rings. The van der Waals surface area contributed by atoms with Gasteiger partial charge in [-0.25, -0.2) is 0 Å². The second-order valence-corrected chi connectivity index (χ2v) is 8.97. The van der Waals surface area contributed by atoms with E-state index in [1.165, 1.54) is 17.3 Å². The highest BCUT2D eigenvalue weighted by molar-refractivity contribution is 7.98. The molecule has 0 bridgehead atoms. The lowest BCUT2D eigenvalue weighted by Gasteiger charge is -2.18. The number of hydrogen-bond donors (Lipinski definition) is 0. The third-order valence-electron chi connectivity index (χ3n) is 4.65. The van der Waals surface area contributed by atoms with Gasteiger partial charge in [-0.15, -0.1) is 20.4 Å². The molecule has 0 aliphatic heterocycles. The average Bonchev–Trinajstić information content (AvgIpc) is 3.46. The van der Waals surface area contributed by atoms with Gasteiger partial charge in [0.1, 0.15) is 11.5 Å². The van der Waals surface area contributed by atoms with Gasteiger partial charge in [-0.3, -0.25) is 0 Å². The lowest BCUT2D eigenvalue weighted by molar-refractivity contribution is 0.252. The Morgan fingerprint density at radius 3 is 2.19 bits per heavy atom. The first-order valence-corrected chi connectivity index (χ1v) is 11.0. The van der Waals surface area contributed by atoms with E-state index in [2.05, 4.69) is 53.3 Å². The van der Waals surface area contributed by atoms with Crippen molar-refractivity contribution in [3.05, 3.63) is 65.9 Å². The molecule has 0 N–H and O–H groups in total. The molecule has 166 valence electrons. The first-order valence-electron chi connectivity index (χ1n) is 10.1. The third-order valence-corrected chi connectivity index (χ3v) is 5.46. The largest absolute Gasteiger partial charge is 0.497 e. The number of rotatable bonds is 8. The van der Waals surface area contributed by atoms with Crippen LogP contribution in [0.1, 0.15) is 38.1 Å². The number of aromatic nitrogens is 4. The van der Waals surface area contributed by atoms with Crippen LogP contribution in [-0.2, 0) is 17.8 Å². The Morgan fingerprint density at radius 2 is 1.50 bits per heavy atom. The van der Waals surface area contributed by atoms with Crippen LogP contribution in [0.2, 0.25) is 0 Å². The molecule has 2 aromatic heterocycles. The molecule has 0 saturated heterocycles. The highest BCUT2D eigenvalue weighted by Crippen LogP contribution is 2.27. The molecule has 8 nitrogen and oxygen atoms in total. The van der Waals surface area contributed by atoms with Gasteiger partial charge in [0.15, 0.2) is 6.61 Å². The summed E-state index contributed by atoms with van der Waals surface area (Å²) in [4.78, 5) is 0. The van der Waals surface area contributed by atoms with Gasteiger partial charge in [-0.1, -0.05) is 44.7 Å². The molecule has 9 heteroatoms. The molecule has 0 amide bonds. The number of thioether (sulfide) groups is 1. The van der Waals surface area contributed by atoms with Gasteiger partial charge in [0.05, 0.1) is 12.9 Å². The average molecular weight is 453 g/mol. The van der Waals surface area contributed by atoms with E-state index in [4.69, 9.17) is 18.3 Å². The fourth-order valence-corrected chi connectivity index (χ4v) is 3.45. The van der Waals surface area contributed by atoms with Gasteiger partial charge in [0.2, 0.25) is 11.8 Å². The highest BCUT2D eigenvalue weighted by atomic mass is 32.2. The zero-order chi connectivity index (χ0) is 22.6. The summed E-state index contributed by atoms with van der Waals surface area (Å²) in [6.45, 7) is 6.71. The predicted molar refractivity (Wildman–Crippen MR) is 120 cm³/mol. The molecule has 0 aliphatic rings. The number of methoxy groups -OCH3 is 1. The first kappa shape index (κ1) is 21.9. The molecule has 0 fully saturated rings. The molecule has 4 rings (SSSR count). The molecule has 0 radical (unpaired) electrons. The lowest BCUT2D eigenvalue weighted by Crippen LogP contribution is -2.10. The van der Waals surface area contributed by atoms with E-state index in [0.717, 1.165) is 11.3 Å². The van der Waals surface area contributed by atoms with Crippen LogP contribution in [0.3, 0.4) is 0 Å². The summed E-state index contributed by atoms with van der Waals surface area (Å²) in [5, 5.41) is 16.7. The molecule has 0 aliphatic carbocycles. The molecule has 0 saturated carbocycles. The Balaban J connectivity index is 1.30. The van der Waals surface area contributed by atoms with Gasteiger partial charge in [0.25, 0.3) is 11.1 Å². The molecule has 32 heavy (non-hydrogen) atoms. The van der Waals surface area contributed by atoms with Crippen LogP contribution in [0.4, 0.5) is 0 Å². The van der Waals surface area contributed by atoms with E-state index in [-0.39, 0.29) is 12.0 Å². The van der Waals surface area contributed by atoms with E-state index in [1.807, 2.05) is 36.4 Å².